The molecular weight excluding hydrogens is 284 g/mol. The highest BCUT2D eigenvalue weighted by Gasteiger charge is 2.22. The number of phenolic OH excluding ortho intramolecular Hbond substituents is 2. The number of rotatable bonds is 4. The second kappa shape index (κ2) is 5.83. The summed E-state index contributed by atoms with van der Waals surface area (Å²) < 4.78 is 4.63. The Morgan fingerprint density at radius 2 is 2.15 bits per heavy atom. The van der Waals surface area contributed by atoms with Crippen LogP contribution in [-0.4, -0.2) is 33.3 Å². The minimum Gasteiger partial charge on any atom is -0.507 e. The molecule has 1 aromatic carbocycles. The molecule has 0 amide bonds. The van der Waals surface area contributed by atoms with Gasteiger partial charge in [0, 0.05) is 24.9 Å². The molecule has 0 bridgehead atoms. The lowest BCUT2D eigenvalue weighted by Crippen LogP contribution is -2.08. The number of esters is 1. The van der Waals surface area contributed by atoms with Crippen molar-refractivity contribution < 1.29 is 19.7 Å². The van der Waals surface area contributed by atoms with Gasteiger partial charge in [-0.1, -0.05) is 11.6 Å². The summed E-state index contributed by atoms with van der Waals surface area (Å²) in [5.41, 5.74) is 0.286. The predicted molar refractivity (Wildman–Crippen MR) is 72.1 cm³/mol. The maximum absolute atomic E-state index is 11.7. The Hall–Kier alpha value is -2.21. The Morgan fingerprint density at radius 3 is 2.75 bits per heavy atom. The van der Waals surface area contributed by atoms with E-state index in [-0.39, 0.29) is 22.1 Å². The number of imidazole rings is 1. The molecule has 0 aliphatic heterocycles. The zero-order chi connectivity index (χ0) is 14.7. The summed E-state index contributed by atoms with van der Waals surface area (Å²) in [6.45, 7) is 0. The van der Waals surface area contributed by atoms with E-state index in [1.165, 1.54) is 7.11 Å². The van der Waals surface area contributed by atoms with Gasteiger partial charge in [-0.3, -0.25) is 0 Å². The molecule has 0 saturated carbocycles. The van der Waals surface area contributed by atoms with Crippen molar-refractivity contribution in [1.29, 1.82) is 0 Å². The van der Waals surface area contributed by atoms with E-state index in [4.69, 9.17) is 11.6 Å². The first kappa shape index (κ1) is 14.2. The second-order valence-electron chi connectivity index (χ2n) is 4.11. The first-order chi connectivity index (χ1) is 9.54. The predicted octanol–water partition coefficient (Wildman–Crippen LogP) is 2.05. The van der Waals surface area contributed by atoms with Crippen molar-refractivity contribution in [3.63, 3.8) is 0 Å². The molecule has 6 nitrogen and oxygen atoms in total. The summed E-state index contributed by atoms with van der Waals surface area (Å²) in [7, 11) is 1.21. The van der Waals surface area contributed by atoms with Gasteiger partial charge in [-0.25, -0.2) is 9.78 Å². The standard InChI is InChI=1S/C13H13ClN2O4/c1-20-13(19)11-7(2-3-10-15-4-5-16-10)12(14)9(18)6-8(11)17/h4-6,17-18H,2-3H2,1H3,(H,15,16). The molecule has 3 N–H and O–H groups in total. The molecule has 0 atom stereocenters. The highest BCUT2D eigenvalue weighted by molar-refractivity contribution is 6.33. The van der Waals surface area contributed by atoms with Crippen LogP contribution in [0.2, 0.25) is 5.02 Å². The highest BCUT2D eigenvalue weighted by atomic mass is 35.5. The van der Waals surface area contributed by atoms with Gasteiger partial charge in [0.1, 0.15) is 22.9 Å². The van der Waals surface area contributed by atoms with Gasteiger partial charge >= 0.3 is 5.97 Å². The number of carbonyl (C=O) groups is 1. The number of nitrogens with zero attached hydrogens (tertiary/aromatic N) is 1. The lowest BCUT2D eigenvalue weighted by molar-refractivity contribution is 0.0596. The van der Waals surface area contributed by atoms with Crippen LogP contribution < -0.4 is 0 Å². The van der Waals surface area contributed by atoms with Crippen LogP contribution in [0.15, 0.2) is 18.5 Å². The molecule has 2 rings (SSSR count). The van der Waals surface area contributed by atoms with Crippen LogP contribution in [0.3, 0.4) is 0 Å². The van der Waals surface area contributed by atoms with Crippen molar-refractivity contribution >= 4 is 17.6 Å². The Bertz CT molecular complexity index is 626. The fourth-order valence-electron chi connectivity index (χ4n) is 1.93. The molecule has 2 aromatic rings. The monoisotopic (exact) mass is 296 g/mol. The molecule has 0 fully saturated rings. The number of carbonyl (C=O) groups excluding carboxylic acids is 1. The zero-order valence-electron chi connectivity index (χ0n) is 10.7. The first-order valence-electron chi connectivity index (χ1n) is 5.84. The SMILES string of the molecule is COC(=O)c1c(O)cc(O)c(Cl)c1CCc1ncc[nH]1. The van der Waals surface area contributed by atoms with Gasteiger partial charge < -0.3 is 19.9 Å². The molecule has 20 heavy (non-hydrogen) atoms. The number of methoxy groups -OCH3 is 1. The number of aryl methyl sites for hydroxylation is 1. The number of ether oxygens (including phenoxy) is 1. The van der Waals surface area contributed by atoms with Crippen LogP contribution in [0.1, 0.15) is 21.7 Å². The Labute approximate surface area is 120 Å². The van der Waals surface area contributed by atoms with E-state index >= 15 is 0 Å². The van der Waals surface area contributed by atoms with Crippen LogP contribution in [0.5, 0.6) is 11.5 Å². The van der Waals surface area contributed by atoms with Gasteiger partial charge in [0.15, 0.2) is 0 Å². The number of aromatic nitrogens is 2. The number of aromatic amines is 1. The average molecular weight is 297 g/mol. The minimum atomic E-state index is -0.709. The van der Waals surface area contributed by atoms with E-state index in [2.05, 4.69) is 14.7 Å². The molecule has 1 heterocycles. The highest BCUT2D eigenvalue weighted by Crippen LogP contribution is 2.37. The quantitative estimate of drug-likeness (QED) is 0.751. The Balaban J connectivity index is 2.40. The smallest absolute Gasteiger partial charge is 0.341 e. The number of halogens is 1. The summed E-state index contributed by atoms with van der Waals surface area (Å²) in [6.07, 6.45) is 4.08. The molecular formula is C13H13ClN2O4. The van der Waals surface area contributed by atoms with Crippen LogP contribution in [-0.2, 0) is 17.6 Å². The van der Waals surface area contributed by atoms with E-state index in [9.17, 15) is 15.0 Å². The molecule has 1 aromatic heterocycles. The lowest BCUT2D eigenvalue weighted by atomic mass is 10.0. The number of phenols is 2. The molecule has 0 aliphatic rings. The van der Waals surface area contributed by atoms with Crippen molar-refractivity contribution in [2.45, 2.75) is 12.8 Å². The van der Waals surface area contributed by atoms with Crippen LogP contribution in [0, 0.1) is 0 Å². The zero-order valence-corrected chi connectivity index (χ0v) is 11.4. The summed E-state index contributed by atoms with van der Waals surface area (Å²) in [6, 6.07) is 1.02. The fourth-order valence-corrected chi connectivity index (χ4v) is 2.17. The number of nitrogens with one attached hydrogen (secondary N) is 1. The molecule has 7 heteroatoms. The Kier molecular flexibility index (Phi) is 4.14. The third kappa shape index (κ3) is 2.70. The van der Waals surface area contributed by atoms with E-state index in [1.54, 1.807) is 12.4 Å². The summed E-state index contributed by atoms with van der Waals surface area (Å²) >= 11 is 6.01. The number of H-pyrrole nitrogens is 1. The van der Waals surface area contributed by atoms with E-state index in [0.29, 0.717) is 24.2 Å². The third-order valence-corrected chi connectivity index (χ3v) is 3.30. The topological polar surface area (TPSA) is 95.4 Å². The maximum atomic E-state index is 11.7. The summed E-state index contributed by atoms with van der Waals surface area (Å²) in [5.74, 6) is -0.655. The van der Waals surface area contributed by atoms with E-state index in [0.717, 1.165) is 6.07 Å². The van der Waals surface area contributed by atoms with E-state index < -0.39 is 5.97 Å². The summed E-state index contributed by atoms with van der Waals surface area (Å²) in [4.78, 5) is 18.7. The van der Waals surface area contributed by atoms with Gasteiger partial charge in [-0.15, -0.1) is 0 Å². The molecule has 0 unspecified atom stereocenters. The van der Waals surface area contributed by atoms with Crippen LogP contribution >= 0.6 is 11.6 Å². The molecule has 0 aliphatic carbocycles. The first-order valence-corrected chi connectivity index (χ1v) is 6.22. The molecule has 106 valence electrons. The number of benzene rings is 1. The second-order valence-corrected chi connectivity index (χ2v) is 4.49. The van der Waals surface area contributed by atoms with Gasteiger partial charge in [0.25, 0.3) is 0 Å². The molecule has 0 saturated heterocycles. The van der Waals surface area contributed by atoms with Crippen molar-refractivity contribution in [3.05, 3.63) is 40.4 Å². The average Bonchev–Trinajstić information content (AvgIpc) is 2.93. The molecule has 0 radical (unpaired) electrons. The molecule has 0 spiro atoms. The van der Waals surface area contributed by atoms with Gasteiger partial charge in [-0.2, -0.15) is 0 Å². The van der Waals surface area contributed by atoms with Crippen molar-refractivity contribution in [3.8, 4) is 11.5 Å². The van der Waals surface area contributed by atoms with Crippen LogP contribution in [0.4, 0.5) is 0 Å². The van der Waals surface area contributed by atoms with Crippen molar-refractivity contribution in [2.24, 2.45) is 0 Å². The largest absolute Gasteiger partial charge is 0.507 e. The number of aromatic hydroxyl groups is 2. The lowest BCUT2D eigenvalue weighted by Gasteiger charge is -2.12. The fraction of sp³-hybridized carbons (Fsp3) is 0.231. The minimum absolute atomic E-state index is 0.0229. The summed E-state index contributed by atoms with van der Waals surface area (Å²) in [5, 5.41) is 19.5. The Morgan fingerprint density at radius 1 is 1.40 bits per heavy atom. The van der Waals surface area contributed by atoms with E-state index in [1.807, 2.05) is 0 Å². The third-order valence-electron chi connectivity index (χ3n) is 2.88. The van der Waals surface area contributed by atoms with Crippen molar-refractivity contribution in [1.82, 2.24) is 9.97 Å². The number of hydrogen-bond donors (Lipinski definition) is 3. The van der Waals surface area contributed by atoms with Crippen molar-refractivity contribution in [2.75, 3.05) is 7.11 Å². The van der Waals surface area contributed by atoms with Gasteiger partial charge in [0.05, 0.1) is 12.1 Å². The number of hydrogen-bond acceptors (Lipinski definition) is 5. The van der Waals surface area contributed by atoms with Crippen LogP contribution in [0.25, 0.3) is 0 Å². The maximum Gasteiger partial charge on any atom is 0.341 e. The van der Waals surface area contributed by atoms with Gasteiger partial charge in [0.2, 0.25) is 0 Å². The normalized spacial score (nSPS) is 10.5. The van der Waals surface area contributed by atoms with Gasteiger partial charge in [-0.05, 0) is 12.0 Å².